The second-order valence-electron chi connectivity index (χ2n) is 7.48. The van der Waals surface area contributed by atoms with Crippen molar-refractivity contribution < 1.29 is 4.42 Å². The number of guanidine groups is 1. The van der Waals surface area contributed by atoms with E-state index in [0.717, 1.165) is 37.7 Å². The lowest BCUT2D eigenvalue weighted by molar-refractivity contribution is 0.206. The summed E-state index contributed by atoms with van der Waals surface area (Å²) in [5, 5.41) is 7.19. The van der Waals surface area contributed by atoms with Gasteiger partial charge in [-0.1, -0.05) is 37.3 Å². The first-order chi connectivity index (χ1) is 13.8. The van der Waals surface area contributed by atoms with Crippen molar-refractivity contribution in [3.05, 3.63) is 60.1 Å². The van der Waals surface area contributed by atoms with Gasteiger partial charge in [0, 0.05) is 38.6 Å². The molecule has 0 amide bonds. The highest BCUT2D eigenvalue weighted by atomic mass is 127. The molecule has 1 aromatic heterocycles. The molecule has 1 aliphatic heterocycles. The maximum atomic E-state index is 5.42. The Hall–Kier alpha value is -1.54. The van der Waals surface area contributed by atoms with Crippen molar-refractivity contribution in [1.29, 1.82) is 0 Å². The zero-order valence-electron chi connectivity index (χ0n) is 17.5. The standard InChI is InChI=1S/C23H34N4O.HI/c1-2-16-27-17-12-21(13-18-27)26-23(25-15-11-22-9-6-19-28-22)24-14-10-20-7-4-3-5-8-20;/h3-9,19,21H,2,10-18H2,1H3,(H2,24,25,26);1H. The van der Waals surface area contributed by atoms with E-state index in [1.807, 2.05) is 12.1 Å². The third-order valence-corrected chi connectivity index (χ3v) is 5.23. The van der Waals surface area contributed by atoms with E-state index in [1.54, 1.807) is 6.26 Å². The van der Waals surface area contributed by atoms with Gasteiger partial charge in [-0.05, 0) is 49.9 Å². The molecule has 0 saturated carbocycles. The Bertz CT molecular complexity index is 682. The van der Waals surface area contributed by atoms with Gasteiger partial charge in [0.1, 0.15) is 5.76 Å². The first-order valence-corrected chi connectivity index (χ1v) is 10.7. The van der Waals surface area contributed by atoms with Gasteiger partial charge in [0.2, 0.25) is 0 Å². The summed E-state index contributed by atoms with van der Waals surface area (Å²) in [7, 11) is 0. The van der Waals surface area contributed by atoms with Crippen LogP contribution in [0.25, 0.3) is 0 Å². The van der Waals surface area contributed by atoms with Gasteiger partial charge in [0.05, 0.1) is 6.26 Å². The van der Waals surface area contributed by atoms with E-state index >= 15 is 0 Å². The maximum absolute atomic E-state index is 5.42. The van der Waals surface area contributed by atoms with Gasteiger partial charge in [-0.3, -0.25) is 4.99 Å². The Morgan fingerprint density at radius 2 is 1.90 bits per heavy atom. The van der Waals surface area contributed by atoms with Crippen molar-refractivity contribution in [3.8, 4) is 0 Å². The molecule has 1 aromatic carbocycles. The lowest BCUT2D eigenvalue weighted by Crippen LogP contribution is -2.49. The number of hydrogen-bond donors (Lipinski definition) is 2. The predicted octanol–water partition coefficient (Wildman–Crippen LogP) is 4.09. The van der Waals surface area contributed by atoms with Gasteiger partial charge >= 0.3 is 0 Å². The molecular weight excluding hydrogens is 475 g/mol. The SMILES string of the molecule is CCCN1CCC(NC(=NCCc2ccco2)NCCc2ccccc2)CC1.I. The molecule has 0 atom stereocenters. The van der Waals surface area contributed by atoms with Crippen molar-refractivity contribution in [2.75, 3.05) is 32.7 Å². The molecular formula is C23H35IN4O. The Balaban J connectivity index is 0.00000300. The molecule has 2 N–H and O–H groups in total. The summed E-state index contributed by atoms with van der Waals surface area (Å²) in [6.07, 6.45) is 7.14. The van der Waals surface area contributed by atoms with E-state index in [4.69, 9.17) is 9.41 Å². The fourth-order valence-electron chi connectivity index (χ4n) is 3.67. The third-order valence-electron chi connectivity index (χ3n) is 5.23. The number of furan rings is 1. The molecule has 0 radical (unpaired) electrons. The van der Waals surface area contributed by atoms with Crippen LogP contribution in [0.5, 0.6) is 0 Å². The van der Waals surface area contributed by atoms with Gasteiger partial charge in [-0.15, -0.1) is 24.0 Å². The summed E-state index contributed by atoms with van der Waals surface area (Å²) in [6, 6.07) is 15.0. The normalized spacial score (nSPS) is 15.7. The Morgan fingerprint density at radius 1 is 1.10 bits per heavy atom. The minimum absolute atomic E-state index is 0. The summed E-state index contributed by atoms with van der Waals surface area (Å²) in [6.45, 7) is 7.43. The number of piperidine rings is 1. The molecule has 1 aliphatic rings. The molecule has 0 aliphatic carbocycles. The minimum Gasteiger partial charge on any atom is -0.469 e. The molecule has 2 aromatic rings. The second-order valence-corrected chi connectivity index (χ2v) is 7.48. The van der Waals surface area contributed by atoms with Crippen LogP contribution in [-0.2, 0) is 12.8 Å². The van der Waals surface area contributed by atoms with Crippen molar-refractivity contribution in [2.24, 2.45) is 4.99 Å². The van der Waals surface area contributed by atoms with Gasteiger partial charge in [-0.2, -0.15) is 0 Å². The molecule has 29 heavy (non-hydrogen) atoms. The minimum atomic E-state index is 0. The van der Waals surface area contributed by atoms with Gasteiger partial charge in [0.15, 0.2) is 5.96 Å². The zero-order valence-corrected chi connectivity index (χ0v) is 19.8. The number of benzene rings is 1. The van der Waals surface area contributed by atoms with Gasteiger partial charge < -0.3 is 20.0 Å². The Morgan fingerprint density at radius 3 is 2.59 bits per heavy atom. The van der Waals surface area contributed by atoms with E-state index in [0.29, 0.717) is 6.04 Å². The van der Waals surface area contributed by atoms with Crippen LogP contribution < -0.4 is 10.6 Å². The molecule has 2 heterocycles. The average molecular weight is 510 g/mol. The number of likely N-dealkylation sites (tertiary alicyclic amines) is 1. The highest BCUT2D eigenvalue weighted by Crippen LogP contribution is 2.10. The first-order valence-electron chi connectivity index (χ1n) is 10.7. The lowest BCUT2D eigenvalue weighted by atomic mass is 10.1. The van der Waals surface area contributed by atoms with Gasteiger partial charge in [-0.25, -0.2) is 0 Å². The van der Waals surface area contributed by atoms with Crippen LogP contribution >= 0.6 is 24.0 Å². The summed E-state index contributed by atoms with van der Waals surface area (Å²) in [5.41, 5.74) is 1.35. The van der Waals surface area contributed by atoms with Crippen molar-refractivity contribution in [1.82, 2.24) is 15.5 Å². The number of hydrogen-bond acceptors (Lipinski definition) is 3. The van der Waals surface area contributed by atoms with E-state index in [-0.39, 0.29) is 24.0 Å². The van der Waals surface area contributed by atoms with Crippen molar-refractivity contribution >= 4 is 29.9 Å². The fourth-order valence-corrected chi connectivity index (χ4v) is 3.67. The summed E-state index contributed by atoms with van der Waals surface area (Å²) >= 11 is 0. The summed E-state index contributed by atoms with van der Waals surface area (Å²) in [5.74, 6) is 1.91. The van der Waals surface area contributed by atoms with Crippen LogP contribution in [0.3, 0.4) is 0 Å². The summed E-state index contributed by atoms with van der Waals surface area (Å²) in [4.78, 5) is 7.36. The van der Waals surface area contributed by atoms with E-state index < -0.39 is 0 Å². The highest BCUT2D eigenvalue weighted by Gasteiger charge is 2.19. The first kappa shape index (κ1) is 23.7. The van der Waals surface area contributed by atoms with Crippen LogP contribution in [0.15, 0.2) is 58.1 Å². The van der Waals surface area contributed by atoms with Crippen molar-refractivity contribution in [3.63, 3.8) is 0 Å². The molecule has 1 fully saturated rings. The Kier molecular flexibility index (Phi) is 11.2. The van der Waals surface area contributed by atoms with E-state index in [9.17, 15) is 0 Å². The molecule has 5 nitrogen and oxygen atoms in total. The molecule has 3 rings (SSSR count). The number of halogens is 1. The third kappa shape index (κ3) is 8.78. The largest absolute Gasteiger partial charge is 0.469 e. The fraction of sp³-hybridized carbons (Fsp3) is 0.522. The van der Waals surface area contributed by atoms with E-state index in [2.05, 4.69) is 52.8 Å². The maximum Gasteiger partial charge on any atom is 0.191 e. The lowest BCUT2D eigenvalue weighted by Gasteiger charge is -2.32. The van der Waals surface area contributed by atoms with Crippen LogP contribution in [0.1, 0.15) is 37.5 Å². The number of aliphatic imine (C=N–C) groups is 1. The van der Waals surface area contributed by atoms with Crippen LogP contribution in [0.4, 0.5) is 0 Å². The second kappa shape index (κ2) is 13.6. The summed E-state index contributed by atoms with van der Waals surface area (Å²) < 4.78 is 5.42. The topological polar surface area (TPSA) is 52.8 Å². The molecule has 0 unspecified atom stereocenters. The molecule has 0 spiro atoms. The van der Waals surface area contributed by atoms with E-state index in [1.165, 1.54) is 44.5 Å². The monoisotopic (exact) mass is 510 g/mol. The average Bonchev–Trinajstić information content (AvgIpc) is 3.24. The number of nitrogens with zero attached hydrogens (tertiary/aromatic N) is 2. The number of rotatable bonds is 9. The predicted molar refractivity (Wildman–Crippen MR) is 131 cm³/mol. The Labute approximate surface area is 192 Å². The van der Waals surface area contributed by atoms with Crippen molar-refractivity contribution in [2.45, 2.75) is 45.1 Å². The smallest absolute Gasteiger partial charge is 0.191 e. The van der Waals surface area contributed by atoms with Crippen LogP contribution in [-0.4, -0.2) is 49.6 Å². The molecule has 6 heteroatoms. The van der Waals surface area contributed by atoms with Crippen LogP contribution in [0, 0.1) is 0 Å². The highest BCUT2D eigenvalue weighted by molar-refractivity contribution is 14.0. The number of nitrogens with one attached hydrogen (secondary N) is 2. The van der Waals surface area contributed by atoms with Crippen LogP contribution in [0.2, 0.25) is 0 Å². The molecule has 160 valence electrons. The van der Waals surface area contributed by atoms with Gasteiger partial charge in [0.25, 0.3) is 0 Å². The quantitative estimate of drug-likeness (QED) is 0.303. The molecule has 0 bridgehead atoms. The molecule has 1 saturated heterocycles. The zero-order chi connectivity index (χ0) is 19.4.